The van der Waals surface area contributed by atoms with Gasteiger partial charge in [0, 0.05) is 5.02 Å². The second-order valence-electron chi connectivity index (χ2n) is 2.42. The van der Waals surface area contributed by atoms with Gasteiger partial charge in [-0.1, -0.05) is 23.2 Å². The van der Waals surface area contributed by atoms with E-state index in [0.29, 0.717) is 15.7 Å². The van der Waals surface area contributed by atoms with Gasteiger partial charge in [-0.2, -0.15) is 15.6 Å². The van der Waals surface area contributed by atoms with Gasteiger partial charge in [-0.05, 0) is 18.2 Å². The Labute approximate surface area is 96.3 Å². The Kier molecular flexibility index (Phi) is 3.93. The number of rotatable bonds is 2. The summed E-state index contributed by atoms with van der Waals surface area (Å²) < 4.78 is 0. The predicted octanol–water partition coefficient (Wildman–Crippen LogP) is 2.81. The van der Waals surface area contributed by atoms with Crippen molar-refractivity contribution >= 4 is 34.6 Å². The highest BCUT2D eigenvalue weighted by Gasteiger charge is 2.00. The molecule has 0 bridgehead atoms. The van der Waals surface area contributed by atoms with Crippen molar-refractivity contribution in [1.29, 1.82) is 10.5 Å². The number of hydrogen-bond acceptors (Lipinski definition) is 4. The summed E-state index contributed by atoms with van der Waals surface area (Å²) in [5.74, 6) is 0. The summed E-state index contributed by atoms with van der Waals surface area (Å²) in [7, 11) is 0. The molecule has 0 spiro atoms. The van der Waals surface area contributed by atoms with Crippen LogP contribution in [0.5, 0.6) is 0 Å². The van der Waals surface area contributed by atoms with Crippen molar-refractivity contribution in [3.63, 3.8) is 0 Å². The van der Waals surface area contributed by atoms with Crippen molar-refractivity contribution < 1.29 is 0 Å². The summed E-state index contributed by atoms with van der Waals surface area (Å²) in [5, 5.41) is 21.3. The maximum absolute atomic E-state index is 8.43. The summed E-state index contributed by atoms with van der Waals surface area (Å²) in [5.41, 5.74) is 2.63. The van der Waals surface area contributed by atoms with Gasteiger partial charge in [0.1, 0.15) is 12.1 Å². The molecule has 0 atom stereocenters. The number of anilines is 1. The van der Waals surface area contributed by atoms with Crippen molar-refractivity contribution in [1.82, 2.24) is 0 Å². The molecule has 0 aliphatic carbocycles. The van der Waals surface area contributed by atoms with Gasteiger partial charge >= 0.3 is 0 Å². The Bertz CT molecular complexity index is 466. The third kappa shape index (κ3) is 3.14. The van der Waals surface area contributed by atoms with Gasteiger partial charge in [0.15, 0.2) is 0 Å². The van der Waals surface area contributed by atoms with E-state index >= 15 is 0 Å². The van der Waals surface area contributed by atoms with E-state index in [1.54, 1.807) is 30.3 Å². The molecular formula is C9H4Cl2N4. The van der Waals surface area contributed by atoms with Crippen molar-refractivity contribution in [3.05, 3.63) is 28.2 Å². The van der Waals surface area contributed by atoms with Crippen LogP contribution >= 0.6 is 23.2 Å². The number of halogens is 2. The van der Waals surface area contributed by atoms with Crippen LogP contribution in [-0.2, 0) is 0 Å². The molecule has 0 aliphatic rings. The minimum absolute atomic E-state index is 0.286. The maximum atomic E-state index is 8.43. The van der Waals surface area contributed by atoms with Crippen molar-refractivity contribution in [2.75, 3.05) is 5.43 Å². The molecule has 1 rings (SSSR count). The largest absolute Gasteiger partial charge is 0.275 e. The number of hydrogen-bond donors (Lipinski definition) is 1. The number of nitriles is 2. The van der Waals surface area contributed by atoms with E-state index in [2.05, 4.69) is 10.5 Å². The van der Waals surface area contributed by atoms with E-state index in [1.807, 2.05) is 0 Å². The summed E-state index contributed by atoms with van der Waals surface area (Å²) in [6.07, 6.45) is 0. The van der Waals surface area contributed by atoms with Crippen LogP contribution in [0, 0.1) is 22.7 Å². The zero-order chi connectivity index (χ0) is 11.3. The third-order valence-corrected chi connectivity index (χ3v) is 1.99. The maximum Gasteiger partial charge on any atom is 0.237 e. The molecule has 0 aromatic heterocycles. The zero-order valence-electron chi connectivity index (χ0n) is 7.33. The molecule has 74 valence electrons. The topological polar surface area (TPSA) is 72.0 Å². The van der Waals surface area contributed by atoms with Crippen molar-refractivity contribution in [3.8, 4) is 12.1 Å². The summed E-state index contributed by atoms with van der Waals surface area (Å²) >= 11 is 11.5. The molecule has 0 unspecified atom stereocenters. The van der Waals surface area contributed by atoms with Gasteiger partial charge in [0.25, 0.3) is 0 Å². The first-order valence-electron chi connectivity index (χ1n) is 3.76. The van der Waals surface area contributed by atoms with E-state index in [4.69, 9.17) is 33.7 Å². The number of nitrogens with one attached hydrogen (secondary N) is 1. The van der Waals surface area contributed by atoms with Crippen LogP contribution in [0.4, 0.5) is 5.69 Å². The minimum atomic E-state index is -0.286. The van der Waals surface area contributed by atoms with Crippen molar-refractivity contribution in [2.24, 2.45) is 5.10 Å². The molecule has 0 saturated heterocycles. The quantitative estimate of drug-likeness (QED) is 0.637. The van der Waals surface area contributed by atoms with Gasteiger partial charge in [0.2, 0.25) is 5.71 Å². The van der Waals surface area contributed by atoms with Crippen LogP contribution < -0.4 is 5.43 Å². The Morgan fingerprint density at radius 1 is 1.27 bits per heavy atom. The van der Waals surface area contributed by atoms with Gasteiger partial charge in [0.05, 0.1) is 10.7 Å². The highest BCUT2D eigenvalue weighted by Crippen LogP contribution is 2.25. The minimum Gasteiger partial charge on any atom is -0.275 e. The molecule has 6 heteroatoms. The molecule has 4 nitrogen and oxygen atoms in total. The molecule has 1 N–H and O–H groups in total. The van der Waals surface area contributed by atoms with Crippen LogP contribution in [-0.4, -0.2) is 5.71 Å². The molecular weight excluding hydrogens is 235 g/mol. The summed E-state index contributed by atoms with van der Waals surface area (Å²) in [4.78, 5) is 0. The van der Waals surface area contributed by atoms with Crippen LogP contribution in [0.3, 0.4) is 0 Å². The van der Waals surface area contributed by atoms with Gasteiger partial charge in [-0.3, -0.25) is 5.43 Å². The molecule has 15 heavy (non-hydrogen) atoms. The molecule has 0 saturated carbocycles. The monoisotopic (exact) mass is 238 g/mol. The highest BCUT2D eigenvalue weighted by atomic mass is 35.5. The highest BCUT2D eigenvalue weighted by molar-refractivity contribution is 6.35. The van der Waals surface area contributed by atoms with Crippen LogP contribution in [0.1, 0.15) is 0 Å². The van der Waals surface area contributed by atoms with Crippen molar-refractivity contribution in [2.45, 2.75) is 0 Å². The first kappa shape index (κ1) is 11.3. The summed E-state index contributed by atoms with van der Waals surface area (Å²) in [6, 6.07) is 7.96. The van der Waals surface area contributed by atoms with Gasteiger partial charge in [-0.15, -0.1) is 0 Å². The van der Waals surface area contributed by atoms with E-state index in [0.717, 1.165) is 0 Å². The second kappa shape index (κ2) is 5.21. The second-order valence-corrected chi connectivity index (χ2v) is 3.26. The lowest BCUT2D eigenvalue weighted by Crippen LogP contribution is -1.96. The lowest BCUT2D eigenvalue weighted by atomic mass is 10.3. The molecule has 0 radical (unpaired) electrons. The molecule has 0 heterocycles. The fourth-order valence-electron chi connectivity index (χ4n) is 0.774. The smallest absolute Gasteiger partial charge is 0.237 e. The van der Waals surface area contributed by atoms with E-state index < -0.39 is 0 Å². The van der Waals surface area contributed by atoms with Gasteiger partial charge in [-0.25, -0.2) is 0 Å². The fraction of sp³-hybridized carbons (Fsp3) is 0. The average molecular weight is 239 g/mol. The van der Waals surface area contributed by atoms with E-state index in [-0.39, 0.29) is 5.71 Å². The standard InChI is InChI=1S/C9H4Cl2N4/c10-6-1-2-8(11)9(3-6)15-14-7(4-12)5-13/h1-3,15H. The zero-order valence-corrected chi connectivity index (χ0v) is 8.84. The molecule has 1 aromatic rings. The number of hydrazone groups is 1. The normalized spacial score (nSPS) is 8.53. The predicted molar refractivity (Wildman–Crippen MR) is 58.7 cm³/mol. The fourth-order valence-corrected chi connectivity index (χ4v) is 1.11. The Morgan fingerprint density at radius 2 is 1.93 bits per heavy atom. The van der Waals surface area contributed by atoms with Crippen LogP contribution in [0.2, 0.25) is 10.0 Å². The Balaban J connectivity index is 2.92. The first-order chi connectivity index (χ1) is 7.17. The SMILES string of the molecule is N#CC(C#N)=NNc1cc(Cl)ccc1Cl. The lowest BCUT2D eigenvalue weighted by molar-refractivity contribution is 1.34. The van der Waals surface area contributed by atoms with E-state index in [9.17, 15) is 0 Å². The van der Waals surface area contributed by atoms with Gasteiger partial charge < -0.3 is 0 Å². The first-order valence-corrected chi connectivity index (χ1v) is 4.52. The Morgan fingerprint density at radius 3 is 2.53 bits per heavy atom. The molecule has 0 amide bonds. The summed E-state index contributed by atoms with van der Waals surface area (Å²) in [6.45, 7) is 0. The van der Waals surface area contributed by atoms with E-state index in [1.165, 1.54) is 0 Å². The molecule has 0 fully saturated rings. The van der Waals surface area contributed by atoms with Crippen LogP contribution in [0.25, 0.3) is 0 Å². The third-order valence-electron chi connectivity index (χ3n) is 1.43. The molecule has 1 aromatic carbocycles. The number of nitrogens with zero attached hydrogens (tertiary/aromatic N) is 3. The lowest BCUT2D eigenvalue weighted by Gasteiger charge is -2.02. The number of benzene rings is 1. The van der Waals surface area contributed by atoms with Crippen LogP contribution in [0.15, 0.2) is 23.3 Å². The Hall–Kier alpha value is -1.75. The average Bonchev–Trinajstić information content (AvgIpc) is 2.24. The molecule has 0 aliphatic heterocycles.